The van der Waals surface area contributed by atoms with Gasteiger partial charge in [-0.05, 0) is 37.6 Å². The Hall–Kier alpha value is -1.34. The number of rotatable bonds is 10. The number of nitrogens with zero attached hydrogens (tertiary/aromatic N) is 1. The number of urea groups is 1. The van der Waals surface area contributed by atoms with Gasteiger partial charge in [-0.1, -0.05) is 32.6 Å². The van der Waals surface area contributed by atoms with Gasteiger partial charge in [0.2, 0.25) is 0 Å². The van der Waals surface area contributed by atoms with E-state index in [1.165, 1.54) is 25.7 Å². The molecule has 2 rings (SSSR count). The van der Waals surface area contributed by atoms with Crippen LogP contribution in [0.15, 0.2) is 0 Å². The number of aliphatic hydroxyl groups excluding tert-OH is 1. The molecule has 0 aromatic carbocycles. The van der Waals surface area contributed by atoms with E-state index >= 15 is 0 Å². The molecule has 2 amide bonds. The van der Waals surface area contributed by atoms with Gasteiger partial charge in [0.25, 0.3) is 0 Å². The molecule has 25 heavy (non-hydrogen) atoms. The van der Waals surface area contributed by atoms with Gasteiger partial charge >= 0.3 is 12.0 Å². The summed E-state index contributed by atoms with van der Waals surface area (Å²) in [6, 6.07) is 0.156. The molecule has 7 heteroatoms. The van der Waals surface area contributed by atoms with Crippen LogP contribution in [0.5, 0.6) is 0 Å². The molecule has 2 saturated carbocycles. The maximum Gasteiger partial charge on any atom is 0.317 e. The molecule has 2 aliphatic carbocycles. The summed E-state index contributed by atoms with van der Waals surface area (Å²) < 4.78 is 0. The Labute approximate surface area is 150 Å². The minimum Gasteiger partial charge on any atom is -0.480 e. The molecular weight excluding hydrogens is 322 g/mol. The van der Waals surface area contributed by atoms with Crippen molar-refractivity contribution in [3.63, 3.8) is 0 Å². The number of aliphatic hydroxyl groups is 1. The molecule has 1 atom stereocenters. The Morgan fingerprint density at radius 2 is 1.92 bits per heavy atom. The van der Waals surface area contributed by atoms with Gasteiger partial charge in [0.15, 0.2) is 0 Å². The van der Waals surface area contributed by atoms with E-state index in [9.17, 15) is 14.7 Å². The molecule has 0 radical (unpaired) electrons. The Morgan fingerprint density at radius 1 is 1.24 bits per heavy atom. The predicted octanol–water partition coefficient (Wildman–Crippen LogP) is 1.41. The first-order valence-corrected chi connectivity index (χ1v) is 9.62. The van der Waals surface area contributed by atoms with Crippen molar-refractivity contribution in [3.8, 4) is 0 Å². The van der Waals surface area contributed by atoms with E-state index in [0.29, 0.717) is 19.0 Å². The van der Waals surface area contributed by atoms with Crippen molar-refractivity contribution in [2.75, 3.05) is 26.2 Å². The quantitative estimate of drug-likeness (QED) is 0.475. The summed E-state index contributed by atoms with van der Waals surface area (Å²) in [5.74, 6) is 0.0195. The van der Waals surface area contributed by atoms with Gasteiger partial charge in [-0.25, -0.2) is 4.79 Å². The number of carbonyl (C=O) groups excluding carboxylic acids is 1. The molecule has 0 saturated heterocycles. The monoisotopic (exact) mass is 355 g/mol. The summed E-state index contributed by atoms with van der Waals surface area (Å²) in [5.41, 5.74) is 0. The number of hydrogen-bond acceptors (Lipinski definition) is 4. The normalized spacial score (nSPS) is 24.8. The fourth-order valence-electron chi connectivity index (χ4n) is 4.09. The standard InChI is InChI=1S/C18H33N3O4/c1-2-21(11-17(23)24)16-8-15(9-16)20-18(25)19-10-14(12-22)7-13-5-3-4-6-13/h13-16,22H,2-12H2,1H3,(H,23,24)(H2,19,20,25). The molecule has 0 aromatic rings. The number of aliphatic carboxylic acids is 1. The molecule has 0 aromatic heterocycles. The van der Waals surface area contributed by atoms with Crippen LogP contribution in [0.4, 0.5) is 4.79 Å². The van der Waals surface area contributed by atoms with Crippen molar-refractivity contribution < 1.29 is 19.8 Å². The van der Waals surface area contributed by atoms with Crippen molar-refractivity contribution in [3.05, 3.63) is 0 Å². The van der Waals surface area contributed by atoms with Gasteiger partial charge in [0.05, 0.1) is 6.54 Å². The first-order valence-electron chi connectivity index (χ1n) is 9.62. The zero-order valence-electron chi connectivity index (χ0n) is 15.2. The number of carboxylic acids is 1. The van der Waals surface area contributed by atoms with Gasteiger partial charge in [0.1, 0.15) is 0 Å². The molecule has 0 aliphatic heterocycles. The minimum absolute atomic E-state index is 0.0550. The molecule has 2 aliphatic rings. The zero-order chi connectivity index (χ0) is 18.2. The Morgan fingerprint density at radius 3 is 2.48 bits per heavy atom. The van der Waals surface area contributed by atoms with Gasteiger partial charge in [-0.15, -0.1) is 0 Å². The van der Waals surface area contributed by atoms with Crippen molar-refractivity contribution in [1.82, 2.24) is 15.5 Å². The van der Waals surface area contributed by atoms with E-state index in [0.717, 1.165) is 19.3 Å². The fraction of sp³-hybridized carbons (Fsp3) is 0.889. The number of amides is 2. The van der Waals surface area contributed by atoms with Crippen LogP contribution >= 0.6 is 0 Å². The molecule has 2 fully saturated rings. The van der Waals surface area contributed by atoms with Crippen LogP contribution in [-0.2, 0) is 4.79 Å². The predicted molar refractivity (Wildman–Crippen MR) is 95.4 cm³/mol. The lowest BCUT2D eigenvalue weighted by atomic mass is 9.85. The third-order valence-corrected chi connectivity index (χ3v) is 5.66. The van der Waals surface area contributed by atoms with E-state index in [1.54, 1.807) is 0 Å². The van der Waals surface area contributed by atoms with Crippen molar-refractivity contribution in [1.29, 1.82) is 0 Å². The number of hydrogen-bond donors (Lipinski definition) is 4. The smallest absolute Gasteiger partial charge is 0.317 e. The van der Waals surface area contributed by atoms with E-state index < -0.39 is 5.97 Å². The molecule has 7 nitrogen and oxygen atoms in total. The molecule has 4 N–H and O–H groups in total. The van der Waals surface area contributed by atoms with Crippen LogP contribution in [0.1, 0.15) is 51.9 Å². The first-order chi connectivity index (χ1) is 12.0. The van der Waals surface area contributed by atoms with Crippen LogP contribution in [0.3, 0.4) is 0 Å². The van der Waals surface area contributed by atoms with Crippen LogP contribution in [-0.4, -0.2) is 65.4 Å². The van der Waals surface area contributed by atoms with E-state index in [4.69, 9.17) is 5.11 Å². The second kappa shape index (κ2) is 9.97. The largest absolute Gasteiger partial charge is 0.480 e. The maximum absolute atomic E-state index is 12.0. The van der Waals surface area contributed by atoms with Crippen molar-refractivity contribution in [2.45, 2.75) is 64.0 Å². The molecule has 144 valence electrons. The highest BCUT2D eigenvalue weighted by molar-refractivity contribution is 5.74. The van der Waals surface area contributed by atoms with E-state index in [1.807, 2.05) is 11.8 Å². The second-order valence-corrected chi connectivity index (χ2v) is 7.57. The molecule has 0 bridgehead atoms. The number of nitrogens with one attached hydrogen (secondary N) is 2. The zero-order valence-corrected chi connectivity index (χ0v) is 15.2. The molecule has 1 unspecified atom stereocenters. The number of carboxylic acid groups (broad SMARTS) is 1. The number of likely N-dealkylation sites (N-methyl/N-ethyl adjacent to an activating group) is 1. The average molecular weight is 355 g/mol. The van der Waals surface area contributed by atoms with Gasteiger partial charge in [-0.3, -0.25) is 9.69 Å². The Kier molecular flexibility index (Phi) is 7.96. The fourth-order valence-corrected chi connectivity index (χ4v) is 4.09. The third kappa shape index (κ3) is 6.47. The van der Waals surface area contributed by atoms with Crippen molar-refractivity contribution >= 4 is 12.0 Å². The summed E-state index contributed by atoms with van der Waals surface area (Å²) in [7, 11) is 0. The van der Waals surface area contributed by atoms with Crippen LogP contribution < -0.4 is 10.6 Å². The highest BCUT2D eigenvalue weighted by atomic mass is 16.4. The summed E-state index contributed by atoms with van der Waals surface area (Å²) in [6.45, 7) is 3.34. The lowest BCUT2D eigenvalue weighted by Gasteiger charge is -2.42. The SMILES string of the molecule is CCN(CC(=O)O)C1CC(NC(=O)NCC(CO)CC2CCCC2)C1. The van der Waals surface area contributed by atoms with Crippen LogP contribution in [0.2, 0.25) is 0 Å². The summed E-state index contributed by atoms with van der Waals surface area (Å²) >= 11 is 0. The lowest BCUT2D eigenvalue weighted by Crippen LogP contribution is -2.56. The molecular formula is C18H33N3O4. The van der Waals surface area contributed by atoms with Crippen LogP contribution in [0.25, 0.3) is 0 Å². The second-order valence-electron chi connectivity index (χ2n) is 7.57. The number of carbonyl (C=O) groups is 2. The average Bonchev–Trinajstić information content (AvgIpc) is 3.05. The Bertz CT molecular complexity index is 434. The third-order valence-electron chi connectivity index (χ3n) is 5.66. The van der Waals surface area contributed by atoms with Gasteiger partial charge < -0.3 is 20.8 Å². The van der Waals surface area contributed by atoms with Crippen LogP contribution in [0, 0.1) is 11.8 Å². The first kappa shape index (κ1) is 20.0. The Balaban J connectivity index is 1.61. The lowest BCUT2D eigenvalue weighted by molar-refractivity contribution is -0.139. The summed E-state index contributed by atoms with van der Waals surface area (Å²) in [5, 5.41) is 24.2. The summed E-state index contributed by atoms with van der Waals surface area (Å²) in [6.07, 6.45) is 7.64. The molecule has 0 spiro atoms. The summed E-state index contributed by atoms with van der Waals surface area (Å²) in [4.78, 5) is 24.8. The van der Waals surface area contributed by atoms with E-state index in [-0.39, 0.29) is 37.2 Å². The van der Waals surface area contributed by atoms with Crippen molar-refractivity contribution in [2.24, 2.45) is 11.8 Å². The maximum atomic E-state index is 12.0. The van der Waals surface area contributed by atoms with Gasteiger partial charge in [-0.2, -0.15) is 0 Å². The van der Waals surface area contributed by atoms with Gasteiger partial charge in [0, 0.05) is 25.2 Å². The highest BCUT2D eigenvalue weighted by Crippen LogP contribution is 2.30. The topological polar surface area (TPSA) is 102 Å². The highest BCUT2D eigenvalue weighted by Gasteiger charge is 2.34. The molecule has 0 heterocycles. The minimum atomic E-state index is -0.812. The van der Waals surface area contributed by atoms with E-state index in [2.05, 4.69) is 10.6 Å².